The summed E-state index contributed by atoms with van der Waals surface area (Å²) in [7, 11) is 0. The summed E-state index contributed by atoms with van der Waals surface area (Å²) in [5.74, 6) is 5.53. The number of benzene rings is 1. The van der Waals surface area contributed by atoms with E-state index in [-0.39, 0.29) is 0 Å². The van der Waals surface area contributed by atoms with Crippen LogP contribution >= 0.6 is 0 Å². The van der Waals surface area contributed by atoms with Gasteiger partial charge in [0.05, 0.1) is 0 Å². The fourth-order valence-corrected chi connectivity index (χ4v) is 1.75. The van der Waals surface area contributed by atoms with E-state index in [2.05, 4.69) is 42.7 Å². The van der Waals surface area contributed by atoms with Crippen molar-refractivity contribution in [3.05, 3.63) is 35.9 Å². The largest absolute Gasteiger partial charge is 0.271 e. The van der Waals surface area contributed by atoms with Gasteiger partial charge in [-0.05, 0) is 24.8 Å². The number of rotatable bonds is 7. The van der Waals surface area contributed by atoms with Gasteiger partial charge in [0.15, 0.2) is 0 Å². The quantitative estimate of drug-likeness (QED) is 0.531. The summed E-state index contributed by atoms with van der Waals surface area (Å²) >= 11 is 0. The molecule has 0 fully saturated rings. The molecule has 0 radical (unpaired) electrons. The predicted molar refractivity (Wildman–Crippen MR) is 65.4 cm³/mol. The molecule has 1 rings (SSSR count). The molecule has 0 amide bonds. The summed E-state index contributed by atoms with van der Waals surface area (Å²) < 4.78 is 0. The van der Waals surface area contributed by atoms with Crippen LogP contribution in [0.2, 0.25) is 0 Å². The molecule has 0 aliphatic carbocycles. The third-order valence-corrected chi connectivity index (χ3v) is 2.77. The zero-order valence-electron chi connectivity index (χ0n) is 9.58. The van der Waals surface area contributed by atoms with Crippen LogP contribution in [0.25, 0.3) is 0 Å². The maximum absolute atomic E-state index is 5.53. The Morgan fingerprint density at radius 1 is 1.20 bits per heavy atom. The van der Waals surface area contributed by atoms with E-state index in [0.717, 1.165) is 12.8 Å². The zero-order valence-corrected chi connectivity index (χ0v) is 9.58. The fourth-order valence-electron chi connectivity index (χ4n) is 1.75. The molecular formula is C13H22N2. The summed E-state index contributed by atoms with van der Waals surface area (Å²) in [4.78, 5) is 0. The minimum absolute atomic E-state index is 0.463. The summed E-state index contributed by atoms with van der Waals surface area (Å²) in [6.07, 6.45) is 5.91. The van der Waals surface area contributed by atoms with Crippen LogP contribution in [-0.4, -0.2) is 6.04 Å². The topological polar surface area (TPSA) is 38.0 Å². The Balaban J connectivity index is 2.28. The average molecular weight is 206 g/mol. The number of unbranched alkanes of at least 4 members (excludes halogenated alkanes) is 1. The van der Waals surface area contributed by atoms with Crippen LogP contribution in [0.4, 0.5) is 0 Å². The van der Waals surface area contributed by atoms with Crippen LogP contribution in [0.15, 0.2) is 30.3 Å². The fraction of sp³-hybridized carbons (Fsp3) is 0.538. The molecule has 0 saturated carbocycles. The Morgan fingerprint density at radius 2 is 1.93 bits per heavy atom. The Hall–Kier alpha value is -0.860. The Bertz CT molecular complexity index is 246. The maximum atomic E-state index is 5.53. The number of hydrazine groups is 1. The number of aryl methyl sites for hydroxylation is 1. The molecule has 15 heavy (non-hydrogen) atoms. The lowest BCUT2D eigenvalue weighted by atomic mass is 10.0. The third-order valence-electron chi connectivity index (χ3n) is 2.77. The van der Waals surface area contributed by atoms with Gasteiger partial charge < -0.3 is 0 Å². The van der Waals surface area contributed by atoms with Gasteiger partial charge >= 0.3 is 0 Å². The lowest BCUT2D eigenvalue weighted by Gasteiger charge is -2.15. The van der Waals surface area contributed by atoms with Crippen LogP contribution in [0.3, 0.4) is 0 Å². The van der Waals surface area contributed by atoms with Crippen molar-refractivity contribution in [3.63, 3.8) is 0 Å². The molecule has 3 N–H and O–H groups in total. The summed E-state index contributed by atoms with van der Waals surface area (Å²) in [5.41, 5.74) is 4.30. The first-order valence-corrected chi connectivity index (χ1v) is 5.87. The van der Waals surface area contributed by atoms with E-state index in [1.807, 2.05) is 0 Å². The molecule has 0 heterocycles. The number of hydrogen-bond donors (Lipinski definition) is 2. The highest BCUT2D eigenvalue weighted by atomic mass is 15.2. The molecule has 0 bridgehead atoms. The van der Waals surface area contributed by atoms with Crippen LogP contribution in [0.1, 0.15) is 38.2 Å². The van der Waals surface area contributed by atoms with Gasteiger partial charge in [0, 0.05) is 6.04 Å². The lowest BCUT2D eigenvalue weighted by molar-refractivity contribution is 0.449. The van der Waals surface area contributed by atoms with Crippen molar-refractivity contribution in [1.29, 1.82) is 0 Å². The van der Waals surface area contributed by atoms with Gasteiger partial charge in [-0.2, -0.15) is 0 Å². The Morgan fingerprint density at radius 3 is 2.53 bits per heavy atom. The van der Waals surface area contributed by atoms with E-state index in [1.54, 1.807) is 0 Å². The van der Waals surface area contributed by atoms with Crippen molar-refractivity contribution < 1.29 is 0 Å². The second-order valence-electron chi connectivity index (χ2n) is 4.03. The Kier molecular flexibility index (Phi) is 6.05. The van der Waals surface area contributed by atoms with Gasteiger partial charge in [-0.3, -0.25) is 11.3 Å². The summed E-state index contributed by atoms with van der Waals surface area (Å²) in [6, 6.07) is 11.0. The summed E-state index contributed by atoms with van der Waals surface area (Å²) in [6.45, 7) is 2.21. The lowest BCUT2D eigenvalue weighted by Crippen LogP contribution is -2.35. The van der Waals surface area contributed by atoms with E-state index >= 15 is 0 Å². The zero-order chi connectivity index (χ0) is 10.9. The third kappa shape index (κ3) is 4.96. The molecule has 2 heteroatoms. The standard InChI is InChI=1S/C13H22N2/c1-2-3-9-13(15-14)11-10-12-7-5-4-6-8-12/h4-8,13,15H,2-3,9-11,14H2,1H3. The van der Waals surface area contributed by atoms with Crippen LogP contribution in [-0.2, 0) is 6.42 Å². The molecular weight excluding hydrogens is 184 g/mol. The molecule has 0 aromatic heterocycles. The van der Waals surface area contributed by atoms with E-state index in [9.17, 15) is 0 Å². The molecule has 1 aromatic carbocycles. The van der Waals surface area contributed by atoms with Crippen molar-refractivity contribution in [2.75, 3.05) is 0 Å². The van der Waals surface area contributed by atoms with Crippen molar-refractivity contribution in [2.45, 2.75) is 45.1 Å². The minimum Gasteiger partial charge on any atom is -0.271 e. The van der Waals surface area contributed by atoms with E-state index in [1.165, 1.54) is 24.8 Å². The molecule has 0 aliphatic heterocycles. The van der Waals surface area contributed by atoms with Gasteiger partial charge in [0.25, 0.3) is 0 Å². The second-order valence-corrected chi connectivity index (χ2v) is 4.03. The first-order valence-electron chi connectivity index (χ1n) is 5.87. The first kappa shape index (κ1) is 12.2. The van der Waals surface area contributed by atoms with Crippen LogP contribution in [0.5, 0.6) is 0 Å². The molecule has 1 atom stereocenters. The first-order chi connectivity index (χ1) is 7.36. The van der Waals surface area contributed by atoms with Gasteiger partial charge in [0.1, 0.15) is 0 Å². The highest BCUT2D eigenvalue weighted by Crippen LogP contribution is 2.09. The highest BCUT2D eigenvalue weighted by Gasteiger charge is 2.05. The summed E-state index contributed by atoms with van der Waals surface area (Å²) in [5, 5.41) is 0. The highest BCUT2D eigenvalue weighted by molar-refractivity contribution is 5.14. The van der Waals surface area contributed by atoms with Gasteiger partial charge in [-0.15, -0.1) is 0 Å². The molecule has 0 spiro atoms. The molecule has 1 aromatic rings. The molecule has 0 saturated heterocycles. The van der Waals surface area contributed by atoms with Crippen molar-refractivity contribution in [1.82, 2.24) is 5.43 Å². The molecule has 1 unspecified atom stereocenters. The number of nitrogens with two attached hydrogens (primary N) is 1. The van der Waals surface area contributed by atoms with Crippen molar-refractivity contribution >= 4 is 0 Å². The monoisotopic (exact) mass is 206 g/mol. The molecule has 0 aliphatic rings. The van der Waals surface area contributed by atoms with E-state index < -0.39 is 0 Å². The second kappa shape index (κ2) is 7.43. The maximum Gasteiger partial charge on any atom is 0.0213 e. The smallest absolute Gasteiger partial charge is 0.0213 e. The van der Waals surface area contributed by atoms with Gasteiger partial charge in [-0.1, -0.05) is 50.1 Å². The number of nitrogens with one attached hydrogen (secondary N) is 1. The van der Waals surface area contributed by atoms with Crippen LogP contribution < -0.4 is 11.3 Å². The van der Waals surface area contributed by atoms with E-state index in [0.29, 0.717) is 6.04 Å². The van der Waals surface area contributed by atoms with Crippen molar-refractivity contribution in [2.24, 2.45) is 5.84 Å². The van der Waals surface area contributed by atoms with E-state index in [4.69, 9.17) is 5.84 Å². The van der Waals surface area contributed by atoms with Crippen LogP contribution in [0, 0.1) is 0 Å². The average Bonchev–Trinajstić information content (AvgIpc) is 2.31. The Labute approximate surface area is 92.8 Å². The minimum atomic E-state index is 0.463. The molecule has 2 nitrogen and oxygen atoms in total. The van der Waals surface area contributed by atoms with Gasteiger partial charge in [-0.25, -0.2) is 0 Å². The predicted octanol–water partition coefficient (Wildman–Crippen LogP) is 2.64. The normalized spacial score (nSPS) is 12.7. The number of hydrogen-bond acceptors (Lipinski definition) is 2. The van der Waals surface area contributed by atoms with Gasteiger partial charge in [0.2, 0.25) is 0 Å². The van der Waals surface area contributed by atoms with Crippen molar-refractivity contribution in [3.8, 4) is 0 Å². The molecule has 84 valence electrons. The SMILES string of the molecule is CCCCC(CCc1ccccc1)NN.